The lowest BCUT2D eigenvalue weighted by Gasteiger charge is -2.15. The first-order chi connectivity index (χ1) is 11.6. The van der Waals surface area contributed by atoms with Crippen molar-refractivity contribution < 1.29 is 9.84 Å². The predicted octanol–water partition coefficient (Wildman–Crippen LogP) is 4.74. The van der Waals surface area contributed by atoms with Gasteiger partial charge in [0.25, 0.3) is 0 Å². The number of halogens is 2. The maximum Gasteiger partial charge on any atom is 0.142 e. The molecule has 3 nitrogen and oxygen atoms in total. The zero-order chi connectivity index (χ0) is 17.4. The summed E-state index contributed by atoms with van der Waals surface area (Å²) in [5.41, 5.74) is 3.24. The summed E-state index contributed by atoms with van der Waals surface area (Å²) in [6.45, 7) is 4.17. The molecule has 0 amide bonds. The van der Waals surface area contributed by atoms with E-state index in [1.807, 2.05) is 18.2 Å². The van der Waals surface area contributed by atoms with Crippen molar-refractivity contribution in [1.29, 1.82) is 0 Å². The Kier molecular flexibility index (Phi) is 7.86. The molecule has 0 bridgehead atoms. The molecule has 0 radical (unpaired) electrons. The summed E-state index contributed by atoms with van der Waals surface area (Å²) in [6, 6.07) is 11.8. The van der Waals surface area contributed by atoms with Crippen LogP contribution in [-0.4, -0.2) is 18.3 Å². The predicted molar refractivity (Wildman–Crippen MR) is 100.0 cm³/mol. The number of unbranched alkanes of at least 4 members (excludes halogenated alkanes) is 1. The number of benzene rings is 2. The average Bonchev–Trinajstić information content (AvgIpc) is 2.55. The van der Waals surface area contributed by atoms with Gasteiger partial charge in [0.2, 0.25) is 0 Å². The summed E-state index contributed by atoms with van der Waals surface area (Å²) in [6.07, 6.45) is 1.71. The maximum absolute atomic E-state index is 8.81. The molecule has 24 heavy (non-hydrogen) atoms. The third-order valence-electron chi connectivity index (χ3n) is 3.67. The van der Waals surface area contributed by atoms with Crippen LogP contribution in [0.1, 0.15) is 29.5 Å². The largest absolute Gasteiger partial charge is 0.487 e. The minimum absolute atomic E-state index is 0.218. The number of aryl methyl sites for hydroxylation is 1. The van der Waals surface area contributed by atoms with Gasteiger partial charge in [-0.2, -0.15) is 0 Å². The quantitative estimate of drug-likeness (QED) is 0.628. The lowest BCUT2D eigenvalue weighted by Crippen LogP contribution is -2.16. The fourth-order valence-corrected chi connectivity index (χ4v) is 2.92. The highest BCUT2D eigenvalue weighted by Crippen LogP contribution is 2.33. The molecule has 5 heteroatoms. The van der Waals surface area contributed by atoms with Crippen LogP contribution in [0, 0.1) is 6.92 Å². The van der Waals surface area contributed by atoms with Gasteiger partial charge in [0.15, 0.2) is 0 Å². The molecular weight excluding hydrogens is 345 g/mol. The molecule has 0 atom stereocenters. The van der Waals surface area contributed by atoms with Gasteiger partial charge in [-0.25, -0.2) is 0 Å². The molecule has 2 rings (SSSR count). The Bertz CT molecular complexity index is 645. The monoisotopic (exact) mass is 367 g/mol. The number of ether oxygens (including phenoxy) is 1. The van der Waals surface area contributed by atoms with Crippen LogP contribution in [0.5, 0.6) is 5.75 Å². The Balaban J connectivity index is 2.02. The van der Waals surface area contributed by atoms with E-state index in [-0.39, 0.29) is 6.61 Å². The van der Waals surface area contributed by atoms with Gasteiger partial charge in [0, 0.05) is 23.7 Å². The van der Waals surface area contributed by atoms with E-state index in [2.05, 4.69) is 24.4 Å². The number of aliphatic hydroxyl groups excluding tert-OH is 1. The van der Waals surface area contributed by atoms with E-state index in [1.165, 1.54) is 5.56 Å². The number of hydrogen-bond acceptors (Lipinski definition) is 3. The second-order valence-corrected chi connectivity index (χ2v) is 6.60. The highest BCUT2D eigenvalue weighted by molar-refractivity contribution is 6.35. The Hall–Kier alpha value is -1.26. The van der Waals surface area contributed by atoms with Gasteiger partial charge in [-0.05, 0) is 44.0 Å². The fraction of sp³-hybridized carbons (Fsp3) is 0.368. The van der Waals surface area contributed by atoms with E-state index < -0.39 is 0 Å². The molecule has 0 unspecified atom stereocenters. The number of aliphatic hydroxyl groups is 1. The minimum Gasteiger partial charge on any atom is -0.487 e. The summed E-state index contributed by atoms with van der Waals surface area (Å²) in [5, 5.41) is 13.2. The van der Waals surface area contributed by atoms with Gasteiger partial charge in [-0.3, -0.25) is 0 Å². The van der Waals surface area contributed by atoms with Crippen molar-refractivity contribution >= 4 is 23.2 Å². The Labute approximate surface area is 153 Å². The SMILES string of the molecule is Cc1ccc(COc2c(Cl)cc(Cl)cc2CNCCCCO)cc1. The minimum atomic E-state index is 0.218. The summed E-state index contributed by atoms with van der Waals surface area (Å²) < 4.78 is 5.96. The zero-order valence-corrected chi connectivity index (χ0v) is 15.3. The molecule has 0 spiro atoms. The van der Waals surface area contributed by atoms with Gasteiger partial charge in [-0.1, -0.05) is 53.0 Å². The highest BCUT2D eigenvalue weighted by Gasteiger charge is 2.11. The van der Waals surface area contributed by atoms with Crippen LogP contribution in [0.3, 0.4) is 0 Å². The first kappa shape index (κ1) is 19.1. The second kappa shape index (κ2) is 9.90. The maximum atomic E-state index is 8.81. The first-order valence-corrected chi connectivity index (χ1v) is 8.83. The molecule has 2 N–H and O–H groups in total. The van der Waals surface area contributed by atoms with Gasteiger partial charge in [-0.15, -0.1) is 0 Å². The van der Waals surface area contributed by atoms with Gasteiger partial charge in [0.05, 0.1) is 5.02 Å². The van der Waals surface area contributed by atoms with Crippen molar-refractivity contribution in [3.8, 4) is 5.75 Å². The first-order valence-electron chi connectivity index (χ1n) is 8.08. The van der Waals surface area contributed by atoms with Crippen LogP contribution in [0.25, 0.3) is 0 Å². The van der Waals surface area contributed by atoms with E-state index in [0.29, 0.717) is 28.9 Å². The lowest BCUT2D eigenvalue weighted by molar-refractivity contribution is 0.283. The Morgan fingerprint density at radius 2 is 1.83 bits per heavy atom. The Morgan fingerprint density at radius 3 is 2.54 bits per heavy atom. The molecular formula is C19H23Cl2NO2. The highest BCUT2D eigenvalue weighted by atomic mass is 35.5. The molecule has 2 aromatic rings. The number of hydrogen-bond donors (Lipinski definition) is 2. The van der Waals surface area contributed by atoms with Crippen molar-refractivity contribution in [3.05, 3.63) is 63.1 Å². The van der Waals surface area contributed by atoms with Crippen LogP contribution in [0.4, 0.5) is 0 Å². The van der Waals surface area contributed by atoms with Gasteiger partial charge < -0.3 is 15.2 Å². The lowest BCUT2D eigenvalue weighted by atomic mass is 10.1. The molecule has 0 saturated carbocycles. The molecule has 0 fully saturated rings. The van der Waals surface area contributed by atoms with Crippen LogP contribution < -0.4 is 10.1 Å². The van der Waals surface area contributed by atoms with Gasteiger partial charge >= 0.3 is 0 Å². The molecule has 0 aliphatic rings. The molecule has 0 heterocycles. The smallest absolute Gasteiger partial charge is 0.142 e. The standard InChI is InChI=1S/C19H23Cl2NO2/c1-14-4-6-15(7-5-14)13-24-19-16(10-17(20)11-18(19)21)12-22-8-2-3-9-23/h4-7,10-11,22-23H,2-3,8-9,12-13H2,1H3. The van der Waals surface area contributed by atoms with Gasteiger partial charge in [0.1, 0.15) is 12.4 Å². The normalized spacial score (nSPS) is 10.8. The summed E-state index contributed by atoms with van der Waals surface area (Å²) in [7, 11) is 0. The van der Waals surface area contributed by atoms with Crippen LogP contribution >= 0.6 is 23.2 Å². The van der Waals surface area contributed by atoms with E-state index in [4.69, 9.17) is 33.0 Å². The van der Waals surface area contributed by atoms with Crippen molar-refractivity contribution in [2.45, 2.75) is 32.9 Å². The molecule has 0 aromatic heterocycles. The number of rotatable bonds is 9. The summed E-state index contributed by atoms with van der Waals surface area (Å²) >= 11 is 12.4. The van der Waals surface area contributed by atoms with Crippen LogP contribution in [0.15, 0.2) is 36.4 Å². The number of nitrogens with one attached hydrogen (secondary N) is 1. The van der Waals surface area contributed by atoms with E-state index in [9.17, 15) is 0 Å². The third kappa shape index (κ3) is 5.99. The second-order valence-electron chi connectivity index (χ2n) is 5.76. The average molecular weight is 368 g/mol. The van der Waals surface area contributed by atoms with Crippen molar-refractivity contribution in [2.75, 3.05) is 13.2 Å². The summed E-state index contributed by atoms with van der Waals surface area (Å²) in [5.74, 6) is 0.663. The molecule has 0 aliphatic carbocycles. The molecule has 2 aromatic carbocycles. The van der Waals surface area contributed by atoms with Crippen molar-refractivity contribution in [2.24, 2.45) is 0 Å². The summed E-state index contributed by atoms with van der Waals surface area (Å²) in [4.78, 5) is 0. The van der Waals surface area contributed by atoms with Crippen molar-refractivity contribution in [1.82, 2.24) is 5.32 Å². The third-order valence-corrected chi connectivity index (χ3v) is 4.17. The van der Waals surface area contributed by atoms with E-state index in [0.717, 1.165) is 30.5 Å². The van der Waals surface area contributed by atoms with Crippen LogP contribution in [0.2, 0.25) is 10.0 Å². The molecule has 0 aliphatic heterocycles. The van der Waals surface area contributed by atoms with E-state index in [1.54, 1.807) is 6.07 Å². The molecule has 0 saturated heterocycles. The molecule has 130 valence electrons. The van der Waals surface area contributed by atoms with E-state index >= 15 is 0 Å². The Morgan fingerprint density at radius 1 is 1.08 bits per heavy atom. The van der Waals surface area contributed by atoms with Crippen molar-refractivity contribution in [3.63, 3.8) is 0 Å². The topological polar surface area (TPSA) is 41.5 Å². The fourth-order valence-electron chi connectivity index (χ4n) is 2.33. The zero-order valence-electron chi connectivity index (χ0n) is 13.8. The van der Waals surface area contributed by atoms with Crippen LogP contribution in [-0.2, 0) is 13.2 Å².